The zero-order valence-corrected chi connectivity index (χ0v) is 26.1. The van der Waals surface area contributed by atoms with Crippen LogP contribution in [0.3, 0.4) is 0 Å². The second kappa shape index (κ2) is 16.6. The molecule has 1 aliphatic carbocycles. The second-order valence-electron chi connectivity index (χ2n) is 9.35. The summed E-state index contributed by atoms with van der Waals surface area (Å²) in [5, 5.41) is 0. The number of nitrogens with zero attached hydrogens (tertiary/aromatic N) is 1. The minimum absolute atomic E-state index is 0.143. The van der Waals surface area contributed by atoms with Crippen molar-refractivity contribution in [2.45, 2.75) is 69.6 Å². The molecule has 218 valence electrons. The summed E-state index contributed by atoms with van der Waals surface area (Å²) in [5.41, 5.74) is 4.41. The molecule has 1 aromatic heterocycles. The van der Waals surface area contributed by atoms with Crippen molar-refractivity contribution in [2.24, 2.45) is 0 Å². The summed E-state index contributed by atoms with van der Waals surface area (Å²) < 4.78 is 52.4. The Kier molecular flexibility index (Phi) is 13.9. The molecule has 6 nitrogen and oxygen atoms in total. The fraction of sp³-hybridized carbons (Fsp3) is 0.355. The minimum atomic E-state index is -3.55. The van der Waals surface area contributed by atoms with Gasteiger partial charge in [-0.1, -0.05) is 73.0 Å². The number of halogens is 1. The van der Waals surface area contributed by atoms with E-state index in [1.807, 2.05) is 39.0 Å². The molecule has 0 radical (unpaired) electrons. The normalized spacial score (nSPS) is 14.2. The summed E-state index contributed by atoms with van der Waals surface area (Å²) in [5.74, 6) is 0. The van der Waals surface area contributed by atoms with E-state index >= 15 is 0 Å². The van der Waals surface area contributed by atoms with Crippen LogP contribution in [0.2, 0.25) is 0 Å². The Morgan fingerprint density at radius 2 is 1.35 bits per heavy atom. The Labute approximate surface area is 244 Å². The van der Waals surface area contributed by atoms with Crippen LogP contribution in [-0.2, 0) is 30.2 Å². The highest BCUT2D eigenvalue weighted by atomic mass is 35.7. The maximum absolute atomic E-state index is 12.3. The van der Waals surface area contributed by atoms with E-state index in [-0.39, 0.29) is 4.90 Å². The van der Waals surface area contributed by atoms with Gasteiger partial charge in [-0.2, -0.15) is 0 Å². The van der Waals surface area contributed by atoms with Gasteiger partial charge in [0.05, 0.1) is 9.79 Å². The Bertz CT molecular complexity index is 1440. The van der Waals surface area contributed by atoms with E-state index in [1.165, 1.54) is 41.8 Å². The second-order valence-corrected chi connectivity index (χ2v) is 13.7. The van der Waals surface area contributed by atoms with Gasteiger partial charge in [0.1, 0.15) is 0 Å². The van der Waals surface area contributed by atoms with Gasteiger partial charge in [-0.25, -0.2) is 20.8 Å². The van der Waals surface area contributed by atoms with Crippen LogP contribution in [0.15, 0.2) is 100 Å². The van der Waals surface area contributed by atoms with Gasteiger partial charge in [0.2, 0.25) is 0 Å². The summed E-state index contributed by atoms with van der Waals surface area (Å²) in [4.78, 5) is 0.471. The molecule has 1 aliphatic heterocycles. The molecule has 1 saturated heterocycles. The average molecular weight is 606 g/mol. The summed E-state index contributed by atoms with van der Waals surface area (Å²) in [7, 11) is -1.90. The van der Waals surface area contributed by atoms with Crippen molar-refractivity contribution in [1.82, 2.24) is 3.97 Å². The van der Waals surface area contributed by atoms with Crippen LogP contribution >= 0.6 is 10.7 Å². The number of aromatic nitrogens is 1. The highest BCUT2D eigenvalue weighted by molar-refractivity contribution is 8.13. The molecule has 0 spiro atoms. The highest BCUT2D eigenvalue weighted by Gasteiger charge is 2.18. The molecule has 0 unspecified atom stereocenters. The molecular formula is C31H40ClNO5S2. The molecule has 1 fully saturated rings. The lowest BCUT2D eigenvalue weighted by molar-refractivity contribution is 0.198. The first-order valence-electron chi connectivity index (χ1n) is 13.4. The predicted molar refractivity (Wildman–Crippen MR) is 164 cm³/mol. The fourth-order valence-electron chi connectivity index (χ4n) is 3.70. The topological polar surface area (TPSA) is 82.4 Å². The molecule has 3 aromatic rings. The van der Waals surface area contributed by atoms with Crippen molar-refractivity contribution < 1.29 is 21.6 Å². The van der Waals surface area contributed by atoms with Crippen molar-refractivity contribution in [3.8, 4) is 0 Å². The number of benzene rings is 2. The molecule has 2 heterocycles. The molecule has 0 atom stereocenters. The molecular weight excluding hydrogens is 566 g/mol. The van der Waals surface area contributed by atoms with Crippen LogP contribution < -0.4 is 0 Å². The van der Waals surface area contributed by atoms with E-state index in [4.69, 9.17) is 15.4 Å². The third kappa shape index (κ3) is 11.1. The Hall–Kier alpha value is -2.65. The van der Waals surface area contributed by atoms with Crippen LogP contribution in [-0.4, -0.2) is 34.0 Å². The van der Waals surface area contributed by atoms with Gasteiger partial charge in [0.25, 0.3) is 19.1 Å². The van der Waals surface area contributed by atoms with E-state index in [1.54, 1.807) is 42.1 Å². The van der Waals surface area contributed by atoms with Gasteiger partial charge < -0.3 is 4.74 Å². The molecule has 0 amide bonds. The quantitative estimate of drug-likeness (QED) is 0.280. The van der Waals surface area contributed by atoms with E-state index in [0.717, 1.165) is 30.0 Å². The van der Waals surface area contributed by atoms with Crippen LogP contribution in [0.25, 0.3) is 0 Å². The van der Waals surface area contributed by atoms with Crippen LogP contribution in [0.1, 0.15) is 56.4 Å². The lowest BCUT2D eigenvalue weighted by Gasteiger charge is -2.09. The van der Waals surface area contributed by atoms with Crippen molar-refractivity contribution in [1.29, 1.82) is 0 Å². The van der Waals surface area contributed by atoms with Crippen LogP contribution in [0, 0.1) is 13.8 Å². The van der Waals surface area contributed by atoms with Gasteiger partial charge in [-0.15, -0.1) is 0 Å². The van der Waals surface area contributed by atoms with Gasteiger partial charge in [0, 0.05) is 35.8 Å². The van der Waals surface area contributed by atoms with Gasteiger partial charge in [0.15, 0.2) is 0 Å². The SMILES string of the molecule is C1CCOC1.CCC1=CC=CC1.CCc1cccn1S(=O)(=O)c1ccc(C)cc1.Cc1ccc(S(=O)(=O)Cl)cc1. The standard InChI is InChI=1S/C13H15NO2S.C7H7ClO2S.C7H10.C4H8O/c1-3-12-5-4-10-14(12)17(15,16)13-8-6-11(2)7-9-13;1-6-2-4-7(5-3-6)11(8,9)10;1-2-7-5-3-4-6-7;1-2-4-5-3-1/h4-10H,3H2,1-2H3;2-5H,1H3;3-5H,2,6H2,1H3;1-4H2. The summed E-state index contributed by atoms with van der Waals surface area (Å²) in [6.45, 7) is 9.95. The number of rotatable bonds is 5. The average Bonchev–Trinajstić information content (AvgIpc) is 3.73. The predicted octanol–water partition coefficient (Wildman–Crippen LogP) is 7.60. The van der Waals surface area contributed by atoms with Crippen molar-refractivity contribution >= 4 is 29.8 Å². The van der Waals surface area contributed by atoms with Gasteiger partial charge in [-0.05, 0) is 82.3 Å². The maximum atomic E-state index is 12.3. The monoisotopic (exact) mass is 605 g/mol. The van der Waals surface area contributed by atoms with E-state index < -0.39 is 19.1 Å². The number of hydrogen-bond acceptors (Lipinski definition) is 5. The zero-order valence-electron chi connectivity index (χ0n) is 23.7. The van der Waals surface area contributed by atoms with Crippen LogP contribution in [0.4, 0.5) is 0 Å². The first-order chi connectivity index (χ1) is 19.0. The largest absolute Gasteiger partial charge is 0.381 e. The third-order valence-electron chi connectivity index (χ3n) is 6.17. The lowest BCUT2D eigenvalue weighted by Crippen LogP contribution is -2.14. The maximum Gasteiger partial charge on any atom is 0.267 e. The first-order valence-corrected chi connectivity index (χ1v) is 17.2. The number of ether oxygens (including phenoxy) is 1. The number of aryl methyl sites for hydroxylation is 3. The van der Waals surface area contributed by atoms with Crippen molar-refractivity contribution in [3.63, 3.8) is 0 Å². The summed E-state index contributed by atoms with van der Waals surface area (Å²) >= 11 is 0. The molecule has 0 bridgehead atoms. The van der Waals surface area contributed by atoms with Crippen LogP contribution in [0.5, 0.6) is 0 Å². The van der Waals surface area contributed by atoms with Crippen molar-refractivity contribution in [3.05, 3.63) is 107 Å². The molecule has 2 aliphatic rings. The minimum Gasteiger partial charge on any atom is -0.381 e. The molecule has 9 heteroatoms. The van der Waals surface area contributed by atoms with Crippen molar-refractivity contribution in [2.75, 3.05) is 13.2 Å². The molecule has 5 rings (SSSR count). The zero-order chi connectivity index (χ0) is 29.6. The van der Waals surface area contributed by atoms with E-state index in [9.17, 15) is 16.8 Å². The summed E-state index contributed by atoms with van der Waals surface area (Å²) in [6, 6.07) is 16.9. The Morgan fingerprint density at radius 1 is 0.800 bits per heavy atom. The first kappa shape index (κ1) is 33.6. The molecule has 0 saturated carbocycles. The molecule has 2 aromatic carbocycles. The van der Waals surface area contributed by atoms with Gasteiger partial charge >= 0.3 is 0 Å². The number of hydrogen-bond donors (Lipinski definition) is 0. The smallest absolute Gasteiger partial charge is 0.267 e. The Balaban J connectivity index is 0.000000207. The van der Waals surface area contributed by atoms with Gasteiger partial charge in [-0.3, -0.25) is 0 Å². The molecule has 40 heavy (non-hydrogen) atoms. The molecule has 0 N–H and O–H groups in total. The third-order valence-corrected chi connectivity index (χ3v) is 9.28. The lowest BCUT2D eigenvalue weighted by atomic mass is 10.2. The van der Waals surface area contributed by atoms with E-state index in [2.05, 4.69) is 25.2 Å². The Morgan fingerprint density at radius 3 is 1.73 bits per heavy atom. The van der Waals surface area contributed by atoms with E-state index in [0.29, 0.717) is 11.3 Å². The highest BCUT2D eigenvalue weighted by Crippen LogP contribution is 2.18. The number of allylic oxidation sites excluding steroid dienone is 4. The summed E-state index contributed by atoms with van der Waals surface area (Å²) in [6.07, 6.45) is 13.8. The fourth-order valence-corrected chi connectivity index (χ4v) is 5.90.